The number of benzene rings is 1. The van der Waals surface area contributed by atoms with Gasteiger partial charge in [-0.3, -0.25) is 0 Å². The molecule has 64 valence electrons. The molecule has 0 aliphatic rings. The topological polar surface area (TPSA) is 0 Å². The van der Waals surface area contributed by atoms with Gasteiger partial charge in [-0.05, 0) is 16.5 Å². The summed E-state index contributed by atoms with van der Waals surface area (Å²) in [6, 6.07) is 8.37. The summed E-state index contributed by atoms with van der Waals surface area (Å²) in [5.74, 6) is 0. The van der Waals surface area contributed by atoms with Crippen LogP contribution in [0.2, 0.25) is 0 Å². The van der Waals surface area contributed by atoms with Crippen LogP contribution < -0.4 is 0 Å². The molecule has 0 spiro atoms. The zero-order valence-corrected chi connectivity index (χ0v) is 8.02. The Balaban J connectivity index is 3.28. The minimum Gasteiger partial charge on any atom is -0.0985 e. The highest BCUT2D eigenvalue weighted by Crippen LogP contribution is 2.25. The van der Waals surface area contributed by atoms with Crippen molar-refractivity contribution in [2.75, 3.05) is 0 Å². The second-order valence-corrected chi connectivity index (χ2v) is 3.97. The first kappa shape index (κ1) is 7.60. The normalized spacial score (nSPS) is 12.4. The standard InChI is InChI=1S/C12H16/c1-5-10-8-6-7-9-11(10)12(2,3)4/h5-9H,1H2,2-4H3/i5D. The summed E-state index contributed by atoms with van der Waals surface area (Å²) in [6.45, 7) is 10.1. The van der Waals surface area contributed by atoms with E-state index in [2.05, 4.69) is 33.4 Å². The zero-order chi connectivity index (χ0) is 10.1. The van der Waals surface area contributed by atoms with E-state index in [0.29, 0.717) is 6.05 Å². The molecule has 0 saturated heterocycles. The second kappa shape index (κ2) is 3.14. The molecular formula is C12H16. The maximum atomic E-state index is 7.55. The third-order valence-electron chi connectivity index (χ3n) is 1.93. The van der Waals surface area contributed by atoms with Gasteiger partial charge in [0.15, 0.2) is 0 Å². The van der Waals surface area contributed by atoms with Gasteiger partial charge in [-0.15, -0.1) is 0 Å². The summed E-state index contributed by atoms with van der Waals surface area (Å²) >= 11 is 0. The average Bonchev–Trinajstić information content (AvgIpc) is 2.03. The molecular weight excluding hydrogens is 144 g/mol. The van der Waals surface area contributed by atoms with Crippen molar-refractivity contribution in [2.45, 2.75) is 26.2 Å². The highest BCUT2D eigenvalue weighted by atomic mass is 14.2. The molecule has 1 aromatic carbocycles. The number of hydrogen-bond acceptors (Lipinski definition) is 0. The Kier molecular flexibility index (Phi) is 1.99. The summed E-state index contributed by atoms with van der Waals surface area (Å²) in [4.78, 5) is 0. The first-order chi connectivity index (χ1) is 5.93. The number of hydrogen-bond donors (Lipinski definition) is 0. The van der Waals surface area contributed by atoms with Crippen LogP contribution in [0.4, 0.5) is 0 Å². The van der Waals surface area contributed by atoms with Crippen LogP contribution in [-0.2, 0) is 5.41 Å². The fraction of sp³-hybridized carbons (Fsp3) is 0.333. The molecule has 0 aromatic heterocycles. The van der Waals surface area contributed by atoms with Gasteiger partial charge in [-0.2, -0.15) is 0 Å². The molecule has 0 aliphatic carbocycles. The molecule has 0 heteroatoms. The van der Waals surface area contributed by atoms with Crippen molar-refractivity contribution in [3.63, 3.8) is 0 Å². The third-order valence-corrected chi connectivity index (χ3v) is 1.93. The van der Waals surface area contributed by atoms with Crippen LogP contribution in [0.5, 0.6) is 0 Å². The van der Waals surface area contributed by atoms with Crippen LogP contribution in [0.3, 0.4) is 0 Å². The van der Waals surface area contributed by atoms with Crippen molar-refractivity contribution in [3.8, 4) is 0 Å². The second-order valence-electron chi connectivity index (χ2n) is 3.97. The average molecular weight is 161 g/mol. The summed E-state index contributed by atoms with van der Waals surface area (Å²) in [6.07, 6.45) is 0. The molecule has 12 heavy (non-hydrogen) atoms. The van der Waals surface area contributed by atoms with Gasteiger partial charge in [-0.25, -0.2) is 0 Å². The van der Waals surface area contributed by atoms with Gasteiger partial charge in [0.1, 0.15) is 0 Å². The molecule has 0 radical (unpaired) electrons. The predicted octanol–water partition coefficient (Wildman–Crippen LogP) is 3.63. The Morgan fingerprint density at radius 2 is 1.92 bits per heavy atom. The Morgan fingerprint density at radius 1 is 1.33 bits per heavy atom. The highest BCUT2D eigenvalue weighted by molar-refractivity contribution is 5.53. The quantitative estimate of drug-likeness (QED) is 0.590. The zero-order valence-electron chi connectivity index (χ0n) is 9.02. The van der Waals surface area contributed by atoms with Gasteiger partial charge in [0.2, 0.25) is 0 Å². The molecule has 0 aliphatic heterocycles. The molecule has 0 bridgehead atoms. The van der Waals surface area contributed by atoms with E-state index in [9.17, 15) is 0 Å². The molecule has 0 amide bonds. The van der Waals surface area contributed by atoms with Crippen molar-refractivity contribution in [1.29, 1.82) is 0 Å². The highest BCUT2D eigenvalue weighted by Gasteiger charge is 2.15. The molecule has 1 rings (SSSR count). The third kappa shape index (κ3) is 1.76. The maximum absolute atomic E-state index is 7.55. The van der Waals surface area contributed by atoms with E-state index < -0.39 is 0 Å². The van der Waals surface area contributed by atoms with E-state index in [-0.39, 0.29) is 5.41 Å². The first-order valence-corrected chi connectivity index (χ1v) is 4.18. The Bertz CT molecular complexity index is 318. The van der Waals surface area contributed by atoms with Gasteiger partial charge in [0, 0.05) is 0 Å². The van der Waals surface area contributed by atoms with E-state index in [1.165, 1.54) is 5.56 Å². The summed E-state index contributed by atoms with van der Waals surface area (Å²) in [7, 11) is 0. The summed E-state index contributed by atoms with van der Waals surface area (Å²) in [5, 5.41) is 0. The van der Waals surface area contributed by atoms with Crippen molar-refractivity contribution in [2.24, 2.45) is 0 Å². The minimum atomic E-state index is 0.0839. The SMILES string of the molecule is [2H]C(=C)c1ccccc1C(C)(C)C. The Labute approximate surface area is 76.3 Å². The lowest BCUT2D eigenvalue weighted by Gasteiger charge is -2.21. The molecule has 0 heterocycles. The molecule has 0 fully saturated rings. The fourth-order valence-corrected chi connectivity index (χ4v) is 1.29. The molecule has 0 saturated carbocycles. The van der Waals surface area contributed by atoms with Gasteiger partial charge >= 0.3 is 0 Å². The molecule has 1 aromatic rings. The van der Waals surface area contributed by atoms with Crippen molar-refractivity contribution in [1.82, 2.24) is 0 Å². The van der Waals surface area contributed by atoms with E-state index in [1.54, 1.807) is 0 Å². The summed E-state index contributed by atoms with van der Waals surface area (Å²) in [5.41, 5.74) is 2.23. The van der Waals surface area contributed by atoms with Crippen molar-refractivity contribution in [3.05, 3.63) is 42.0 Å². The Hall–Kier alpha value is -1.04. The van der Waals surface area contributed by atoms with E-state index in [1.807, 2.05) is 18.2 Å². The first-order valence-electron chi connectivity index (χ1n) is 4.68. The monoisotopic (exact) mass is 161 g/mol. The van der Waals surface area contributed by atoms with Crippen LogP contribution in [0.1, 0.15) is 33.3 Å². The van der Waals surface area contributed by atoms with Gasteiger partial charge in [0.05, 0.1) is 1.37 Å². The molecule has 0 unspecified atom stereocenters. The van der Waals surface area contributed by atoms with Crippen LogP contribution in [0, 0.1) is 0 Å². The molecule has 0 N–H and O–H groups in total. The van der Waals surface area contributed by atoms with Crippen LogP contribution in [-0.4, -0.2) is 0 Å². The van der Waals surface area contributed by atoms with Crippen molar-refractivity contribution >= 4 is 6.05 Å². The van der Waals surface area contributed by atoms with Crippen LogP contribution in [0.15, 0.2) is 30.8 Å². The lowest BCUT2D eigenvalue weighted by atomic mass is 9.84. The van der Waals surface area contributed by atoms with Crippen LogP contribution in [0.25, 0.3) is 6.05 Å². The minimum absolute atomic E-state index is 0.0839. The fourth-order valence-electron chi connectivity index (χ4n) is 1.29. The van der Waals surface area contributed by atoms with Gasteiger partial charge in [-0.1, -0.05) is 57.7 Å². The van der Waals surface area contributed by atoms with Crippen LogP contribution >= 0.6 is 0 Å². The molecule has 0 atom stereocenters. The van der Waals surface area contributed by atoms with Gasteiger partial charge in [0.25, 0.3) is 0 Å². The van der Waals surface area contributed by atoms with E-state index in [4.69, 9.17) is 1.37 Å². The predicted molar refractivity (Wildman–Crippen MR) is 55.2 cm³/mol. The Morgan fingerprint density at radius 3 is 2.33 bits per heavy atom. The van der Waals surface area contributed by atoms with Crippen molar-refractivity contribution < 1.29 is 1.37 Å². The molecule has 0 nitrogen and oxygen atoms in total. The lowest BCUT2D eigenvalue weighted by molar-refractivity contribution is 0.589. The summed E-state index contributed by atoms with van der Waals surface area (Å²) < 4.78 is 7.55. The largest absolute Gasteiger partial charge is 0.0985 e. The smallest absolute Gasteiger partial charge is 0.0623 e. The number of rotatable bonds is 1. The van der Waals surface area contributed by atoms with E-state index >= 15 is 0 Å². The van der Waals surface area contributed by atoms with E-state index in [0.717, 1.165) is 5.56 Å². The maximum Gasteiger partial charge on any atom is 0.0623 e. The van der Waals surface area contributed by atoms with Gasteiger partial charge < -0.3 is 0 Å². The lowest BCUT2D eigenvalue weighted by Crippen LogP contribution is -2.12.